The van der Waals surface area contributed by atoms with Crippen molar-refractivity contribution in [3.05, 3.63) is 0 Å². The van der Waals surface area contributed by atoms with Crippen LogP contribution in [0.25, 0.3) is 0 Å². The van der Waals surface area contributed by atoms with E-state index in [9.17, 15) is 29.1 Å². The topological polar surface area (TPSA) is 282 Å². The summed E-state index contributed by atoms with van der Waals surface area (Å²) in [6.07, 6.45) is 1.12. The molecule has 94 heavy (non-hydrogen) atoms. The average molecular weight is 1350 g/mol. The van der Waals surface area contributed by atoms with Gasteiger partial charge in [-0.25, -0.2) is 0 Å². The van der Waals surface area contributed by atoms with Crippen molar-refractivity contribution in [3.63, 3.8) is 0 Å². The number of nitrogens with one attached hydrogen (secondary N) is 4. The Bertz CT molecular complexity index is 2480. The van der Waals surface area contributed by atoms with Gasteiger partial charge in [0.05, 0.1) is 6.10 Å². The number of aliphatic hydroxyl groups is 1. The maximum atomic E-state index is 15.4. The van der Waals surface area contributed by atoms with Gasteiger partial charge in [-0.2, -0.15) is 11.8 Å². The molecule has 0 spiro atoms. The van der Waals surface area contributed by atoms with Crippen molar-refractivity contribution in [1.82, 2.24) is 60.5 Å². The van der Waals surface area contributed by atoms with Gasteiger partial charge in [0.15, 0.2) is 0 Å². The first-order valence-electron chi connectivity index (χ1n) is 34.7. The number of likely N-dealkylation sites (N-methyl/N-ethyl adjacent to an activating group) is 7. The third-order valence-corrected chi connectivity index (χ3v) is 19.4. The van der Waals surface area contributed by atoms with Gasteiger partial charge in [0, 0.05) is 67.4 Å². The van der Waals surface area contributed by atoms with Crippen LogP contribution >= 0.6 is 11.8 Å². The molecule has 1 aliphatic rings. The summed E-state index contributed by atoms with van der Waals surface area (Å²) in [7, 11) is 10.2. The zero-order chi connectivity index (χ0) is 72.7. The number of aliphatic hydroxyl groups excluding tert-OH is 1. The highest BCUT2D eigenvalue weighted by molar-refractivity contribution is 7.99. The van der Waals surface area contributed by atoms with E-state index in [1.165, 1.54) is 104 Å². The number of hydrogen-bond acceptors (Lipinski definition) is 14. The van der Waals surface area contributed by atoms with Gasteiger partial charge >= 0.3 is 0 Å². The van der Waals surface area contributed by atoms with E-state index in [-0.39, 0.29) is 61.5 Å². The van der Waals surface area contributed by atoms with E-state index in [1.54, 1.807) is 41.5 Å². The molecular formula is C69H128N12O12S. The van der Waals surface area contributed by atoms with Gasteiger partial charge in [0.2, 0.25) is 65.0 Å². The molecule has 1 fully saturated rings. The number of thioether (sulfide) groups is 1. The van der Waals surface area contributed by atoms with E-state index < -0.39 is 155 Å². The van der Waals surface area contributed by atoms with Gasteiger partial charge in [-0.3, -0.25) is 52.7 Å². The summed E-state index contributed by atoms with van der Waals surface area (Å²) in [6.45, 7) is 36.8. The largest absolute Gasteiger partial charge is 0.390 e. The molecule has 24 nitrogen and oxygen atoms in total. The fourth-order valence-corrected chi connectivity index (χ4v) is 13.3. The third-order valence-electron chi connectivity index (χ3n) is 18.4. The van der Waals surface area contributed by atoms with E-state index >= 15 is 28.8 Å². The molecule has 0 aromatic heterocycles. The molecule has 0 saturated carbocycles. The maximum Gasteiger partial charge on any atom is 0.246 e. The molecule has 0 aromatic carbocycles. The molecule has 0 radical (unpaired) electrons. The lowest BCUT2D eigenvalue weighted by Gasteiger charge is -2.41. The van der Waals surface area contributed by atoms with E-state index in [0.717, 1.165) is 24.4 Å². The zero-order valence-electron chi connectivity index (χ0n) is 62.6. The Morgan fingerprint density at radius 3 is 1.29 bits per heavy atom. The van der Waals surface area contributed by atoms with Crippen LogP contribution in [0, 0.1) is 41.4 Å². The monoisotopic (exact) mass is 1350 g/mol. The quantitative estimate of drug-likeness (QED) is 0.0849. The minimum atomic E-state index is -1.60. The predicted molar refractivity (Wildman–Crippen MR) is 373 cm³/mol. The maximum absolute atomic E-state index is 15.4. The van der Waals surface area contributed by atoms with Crippen molar-refractivity contribution in [1.29, 1.82) is 0 Å². The first-order chi connectivity index (χ1) is 43.6. The summed E-state index contributed by atoms with van der Waals surface area (Å²) in [6, 6.07) is -13.6. The lowest BCUT2D eigenvalue weighted by Crippen LogP contribution is -2.64. The first kappa shape index (κ1) is 86.5. The van der Waals surface area contributed by atoms with Gasteiger partial charge < -0.3 is 65.6 Å². The second-order valence-electron chi connectivity index (χ2n) is 28.7. The molecule has 0 bridgehead atoms. The lowest BCUT2D eigenvalue weighted by atomic mass is 9.90. The van der Waals surface area contributed by atoms with Crippen LogP contribution in [0.15, 0.2) is 0 Å². The number of rotatable bonds is 23. The van der Waals surface area contributed by atoms with E-state index in [0.29, 0.717) is 25.1 Å². The van der Waals surface area contributed by atoms with Crippen molar-refractivity contribution < 1.29 is 57.8 Å². The molecule has 1 heterocycles. The predicted octanol–water partition coefficient (Wildman–Crippen LogP) is 4.94. The van der Waals surface area contributed by atoms with Crippen molar-refractivity contribution in [2.45, 2.75) is 255 Å². The average Bonchev–Trinajstić information content (AvgIpc) is 0.858. The number of carbonyl (C=O) groups excluding carboxylic acids is 11. The van der Waals surface area contributed by atoms with Gasteiger partial charge in [-0.15, -0.1) is 0 Å². The summed E-state index contributed by atoms with van der Waals surface area (Å²) in [5.41, 5.74) is 0. The highest BCUT2D eigenvalue weighted by Gasteiger charge is 2.46. The normalized spacial score (nSPS) is 26.3. The van der Waals surface area contributed by atoms with E-state index in [1.807, 2.05) is 62.3 Å². The number of amides is 11. The van der Waals surface area contributed by atoms with Crippen LogP contribution in [0.1, 0.15) is 183 Å². The highest BCUT2D eigenvalue weighted by atomic mass is 32.2. The number of carbonyl (C=O) groups is 11. The third kappa shape index (κ3) is 24.8. The van der Waals surface area contributed by atoms with E-state index in [2.05, 4.69) is 40.0 Å². The molecule has 13 atom stereocenters. The van der Waals surface area contributed by atoms with Gasteiger partial charge in [-0.05, 0) is 107 Å². The zero-order valence-corrected chi connectivity index (χ0v) is 63.4. The standard InChI is InChI=1S/C69H128N12O12S/c1-27-31-32-46(17)58(82)57-62(86)72-49(28-2)64(88)78(24)54(39-94-34-33-81(29-3)30-4)67(91)74(20)51(36-41(7)8)61(85)73-55(44(13)14)68(92)75(21)50(35-40(5)6)60(84)70-47(18)59(83)71-48(19)63(87)76(22)52(37-42(9)10)65(89)77(23)53(38-43(11)12)66(90)79(25)56(45(15)16)69(93)80(57)26/h40-58,82H,27-39H2,1-26H3,(H,70,84)(H,71,83)(H,72,86)(H,73,85)/t46-,47+,48-,49+,50+,51+,52+,53+,54-,55+,56+,57+,58-/m1/s1. The van der Waals surface area contributed by atoms with Gasteiger partial charge in [0.1, 0.15) is 66.5 Å². The molecule has 5 N–H and O–H groups in total. The Balaban J connectivity index is 4.55. The molecule has 0 aliphatic carbocycles. The molecule has 1 rings (SSSR count). The lowest BCUT2D eigenvalue weighted by molar-refractivity contribution is -0.157. The van der Waals surface area contributed by atoms with Gasteiger partial charge in [0.25, 0.3) is 0 Å². The summed E-state index contributed by atoms with van der Waals surface area (Å²) >= 11 is 1.45. The summed E-state index contributed by atoms with van der Waals surface area (Å²) in [4.78, 5) is 175. The van der Waals surface area contributed by atoms with Gasteiger partial charge in [-0.1, -0.05) is 131 Å². The van der Waals surface area contributed by atoms with Crippen LogP contribution in [-0.2, 0) is 52.7 Å². The minimum absolute atomic E-state index is 0.0220. The van der Waals surface area contributed by atoms with Crippen molar-refractivity contribution in [3.8, 4) is 0 Å². The highest BCUT2D eigenvalue weighted by Crippen LogP contribution is 2.27. The summed E-state index contributed by atoms with van der Waals surface area (Å²) < 4.78 is 0. The smallest absolute Gasteiger partial charge is 0.246 e. The van der Waals surface area contributed by atoms with Crippen LogP contribution in [0.4, 0.5) is 0 Å². The molecule has 1 aliphatic heterocycles. The number of unbranched alkanes of at least 4 members (excludes halogenated alkanes) is 1. The second-order valence-corrected chi connectivity index (χ2v) is 29.9. The Hall–Kier alpha value is -5.56. The van der Waals surface area contributed by atoms with Crippen molar-refractivity contribution >= 4 is 76.7 Å². The van der Waals surface area contributed by atoms with Crippen LogP contribution in [0.5, 0.6) is 0 Å². The summed E-state index contributed by atoms with van der Waals surface area (Å²) in [5, 5.41) is 23.6. The first-order valence-corrected chi connectivity index (χ1v) is 35.8. The molecule has 542 valence electrons. The molecular weight excluding hydrogens is 1220 g/mol. The molecule has 11 amide bonds. The van der Waals surface area contributed by atoms with Crippen LogP contribution in [-0.4, -0.2) is 262 Å². The Labute approximate surface area is 570 Å². The SMILES string of the molecule is CCCC[C@@H](C)[C@@H](O)[C@H]1C(=O)N[C@@H](CC)C(=O)N(C)[C@H](CSCCN(CC)CC)C(=O)N(C)[C@@H](CC(C)C)C(=O)N[C@@H](C(C)C)C(=O)N(C)[C@@H](CC(C)C)C(=O)N[C@@H](C)C(=O)N[C@H](C)C(=O)N(C)[C@@H](CC(C)C)C(=O)N(C)[C@@H](CC(C)C)C(=O)N(C)[C@@H](C(C)C)C(=O)N1C. The summed E-state index contributed by atoms with van der Waals surface area (Å²) in [5.74, 6) is -8.82. The Morgan fingerprint density at radius 1 is 0.436 bits per heavy atom. The van der Waals surface area contributed by atoms with Crippen molar-refractivity contribution in [2.75, 3.05) is 80.5 Å². The Kier molecular flexibility index (Phi) is 37.6. The molecule has 0 aromatic rings. The van der Waals surface area contributed by atoms with Crippen LogP contribution in [0.3, 0.4) is 0 Å². The minimum Gasteiger partial charge on any atom is -0.390 e. The fourth-order valence-electron chi connectivity index (χ4n) is 12.1. The van der Waals surface area contributed by atoms with E-state index in [4.69, 9.17) is 0 Å². The van der Waals surface area contributed by atoms with Crippen LogP contribution < -0.4 is 21.3 Å². The van der Waals surface area contributed by atoms with Crippen LogP contribution in [0.2, 0.25) is 0 Å². The molecule has 0 unspecified atom stereocenters. The molecule has 1 saturated heterocycles. The second kappa shape index (κ2) is 40.9. The fraction of sp³-hybridized carbons (Fsp3) is 0.841. The Morgan fingerprint density at radius 2 is 0.840 bits per heavy atom. The number of hydrogen-bond donors (Lipinski definition) is 5. The molecule has 25 heteroatoms. The number of nitrogens with zero attached hydrogens (tertiary/aromatic N) is 8. The van der Waals surface area contributed by atoms with Crippen molar-refractivity contribution in [2.24, 2.45) is 41.4 Å².